The molecule has 0 radical (unpaired) electrons. The summed E-state index contributed by atoms with van der Waals surface area (Å²) >= 11 is 7.66. The molecule has 0 bridgehead atoms. The van der Waals surface area contributed by atoms with Crippen LogP contribution in [-0.2, 0) is 0 Å². The van der Waals surface area contributed by atoms with Gasteiger partial charge >= 0.3 is 0 Å². The SMILES string of the molecule is Clc1ccc(-n2c(-c3cccs3)nc3cccnc32)cc1. The third kappa shape index (κ3) is 2.13. The lowest BCUT2D eigenvalue weighted by Gasteiger charge is -2.07. The lowest BCUT2D eigenvalue weighted by molar-refractivity contribution is 1.08. The van der Waals surface area contributed by atoms with Crippen molar-refractivity contribution in [2.45, 2.75) is 0 Å². The number of aromatic nitrogens is 3. The van der Waals surface area contributed by atoms with Crippen LogP contribution >= 0.6 is 22.9 Å². The Morgan fingerprint density at radius 3 is 2.62 bits per heavy atom. The Hall–Kier alpha value is -2.17. The second-order valence-corrected chi connectivity index (χ2v) is 5.95. The standard InChI is InChI=1S/C16H10ClN3S/c17-11-5-7-12(8-6-11)20-15-13(3-1-9-18-15)19-16(20)14-4-2-10-21-14/h1-10H. The van der Waals surface area contributed by atoms with Gasteiger partial charge in [-0.1, -0.05) is 17.7 Å². The number of halogens is 1. The third-order valence-corrected chi connectivity index (χ3v) is 4.36. The van der Waals surface area contributed by atoms with Crippen molar-refractivity contribution < 1.29 is 0 Å². The van der Waals surface area contributed by atoms with Crippen molar-refractivity contribution in [2.24, 2.45) is 0 Å². The van der Waals surface area contributed by atoms with Crippen LogP contribution in [0.2, 0.25) is 5.02 Å². The van der Waals surface area contributed by atoms with E-state index in [-0.39, 0.29) is 0 Å². The van der Waals surface area contributed by atoms with Crippen LogP contribution < -0.4 is 0 Å². The predicted molar refractivity (Wildman–Crippen MR) is 87.2 cm³/mol. The number of nitrogens with zero attached hydrogens (tertiary/aromatic N) is 3. The molecular weight excluding hydrogens is 302 g/mol. The van der Waals surface area contributed by atoms with Crippen LogP contribution in [0.15, 0.2) is 60.1 Å². The molecule has 0 aliphatic rings. The van der Waals surface area contributed by atoms with Gasteiger partial charge in [-0.05, 0) is 47.8 Å². The van der Waals surface area contributed by atoms with E-state index in [0.29, 0.717) is 5.02 Å². The molecule has 0 spiro atoms. The molecule has 3 aromatic heterocycles. The summed E-state index contributed by atoms with van der Waals surface area (Å²) in [5.41, 5.74) is 2.74. The molecule has 0 aliphatic carbocycles. The summed E-state index contributed by atoms with van der Waals surface area (Å²) in [7, 11) is 0. The second-order valence-electron chi connectivity index (χ2n) is 4.57. The zero-order valence-corrected chi connectivity index (χ0v) is 12.5. The molecular formula is C16H10ClN3S. The molecule has 1 aromatic carbocycles. The van der Waals surface area contributed by atoms with Crippen LogP contribution in [0.5, 0.6) is 0 Å². The maximum Gasteiger partial charge on any atom is 0.164 e. The molecule has 0 fully saturated rings. The van der Waals surface area contributed by atoms with Gasteiger partial charge in [-0.25, -0.2) is 9.97 Å². The third-order valence-electron chi connectivity index (χ3n) is 3.24. The van der Waals surface area contributed by atoms with Crippen molar-refractivity contribution >= 4 is 34.1 Å². The van der Waals surface area contributed by atoms with Gasteiger partial charge in [-0.2, -0.15) is 0 Å². The summed E-state index contributed by atoms with van der Waals surface area (Å²) in [6.07, 6.45) is 1.79. The molecule has 0 unspecified atom stereocenters. The molecule has 21 heavy (non-hydrogen) atoms. The van der Waals surface area contributed by atoms with Crippen molar-refractivity contribution in [1.29, 1.82) is 0 Å². The summed E-state index contributed by atoms with van der Waals surface area (Å²) in [6, 6.07) is 15.7. The average molecular weight is 312 g/mol. The Morgan fingerprint density at radius 1 is 1.00 bits per heavy atom. The van der Waals surface area contributed by atoms with E-state index in [1.54, 1.807) is 17.5 Å². The van der Waals surface area contributed by atoms with E-state index in [1.165, 1.54) is 0 Å². The van der Waals surface area contributed by atoms with E-state index in [4.69, 9.17) is 16.6 Å². The largest absolute Gasteiger partial charge is 0.276 e. The minimum atomic E-state index is 0.716. The summed E-state index contributed by atoms with van der Waals surface area (Å²) in [6.45, 7) is 0. The minimum absolute atomic E-state index is 0.716. The maximum absolute atomic E-state index is 5.99. The van der Waals surface area contributed by atoms with Crippen LogP contribution in [0.3, 0.4) is 0 Å². The maximum atomic E-state index is 5.99. The van der Waals surface area contributed by atoms with Gasteiger partial charge in [0.05, 0.1) is 4.88 Å². The highest BCUT2D eigenvalue weighted by Gasteiger charge is 2.15. The fraction of sp³-hybridized carbons (Fsp3) is 0. The smallest absolute Gasteiger partial charge is 0.164 e. The quantitative estimate of drug-likeness (QED) is 0.532. The number of hydrogen-bond acceptors (Lipinski definition) is 3. The number of imidazole rings is 1. The lowest BCUT2D eigenvalue weighted by atomic mass is 10.3. The van der Waals surface area contributed by atoms with E-state index >= 15 is 0 Å². The van der Waals surface area contributed by atoms with E-state index in [0.717, 1.165) is 27.6 Å². The molecule has 0 N–H and O–H groups in total. The number of thiophene rings is 1. The Kier molecular flexibility index (Phi) is 2.98. The number of pyridine rings is 1. The first kappa shape index (κ1) is 12.6. The molecule has 0 saturated heterocycles. The summed E-state index contributed by atoms with van der Waals surface area (Å²) in [4.78, 5) is 10.3. The molecule has 0 saturated carbocycles. The van der Waals surface area contributed by atoms with Crippen LogP contribution in [0.25, 0.3) is 27.6 Å². The molecule has 3 nitrogen and oxygen atoms in total. The second kappa shape index (κ2) is 4.98. The summed E-state index contributed by atoms with van der Waals surface area (Å²) in [5.74, 6) is 0.904. The fourth-order valence-corrected chi connectivity index (χ4v) is 3.15. The van der Waals surface area contributed by atoms with Crippen molar-refractivity contribution in [3.8, 4) is 16.4 Å². The molecule has 0 aliphatic heterocycles. The van der Waals surface area contributed by atoms with E-state index in [9.17, 15) is 0 Å². The number of fused-ring (bicyclic) bond motifs is 1. The summed E-state index contributed by atoms with van der Waals surface area (Å²) in [5, 5.41) is 2.77. The Balaban J connectivity index is 2.05. The molecule has 4 rings (SSSR count). The van der Waals surface area contributed by atoms with Crippen LogP contribution in [0.1, 0.15) is 0 Å². The van der Waals surface area contributed by atoms with Gasteiger partial charge in [0, 0.05) is 16.9 Å². The Morgan fingerprint density at radius 2 is 1.86 bits per heavy atom. The highest BCUT2D eigenvalue weighted by Crippen LogP contribution is 2.30. The van der Waals surface area contributed by atoms with Crippen LogP contribution in [0, 0.1) is 0 Å². The van der Waals surface area contributed by atoms with Gasteiger partial charge in [-0.3, -0.25) is 4.57 Å². The van der Waals surface area contributed by atoms with E-state index < -0.39 is 0 Å². The monoisotopic (exact) mass is 311 g/mol. The number of benzene rings is 1. The molecule has 4 aromatic rings. The zero-order chi connectivity index (χ0) is 14.2. The van der Waals surface area contributed by atoms with Crippen molar-refractivity contribution in [2.75, 3.05) is 0 Å². The van der Waals surface area contributed by atoms with Gasteiger partial charge in [0.1, 0.15) is 5.52 Å². The predicted octanol–water partition coefficient (Wildman–Crippen LogP) is 4.80. The highest BCUT2D eigenvalue weighted by molar-refractivity contribution is 7.13. The number of rotatable bonds is 2. The van der Waals surface area contributed by atoms with Gasteiger partial charge in [0.2, 0.25) is 0 Å². The average Bonchev–Trinajstić information content (AvgIpc) is 3.15. The van der Waals surface area contributed by atoms with Crippen molar-refractivity contribution in [3.05, 3.63) is 65.1 Å². The first-order valence-electron chi connectivity index (χ1n) is 6.46. The fourth-order valence-electron chi connectivity index (χ4n) is 2.32. The number of hydrogen-bond donors (Lipinski definition) is 0. The normalized spacial score (nSPS) is 11.1. The molecule has 0 atom stereocenters. The molecule has 5 heteroatoms. The topological polar surface area (TPSA) is 30.7 Å². The Bertz CT molecular complexity index is 895. The Labute approximate surface area is 130 Å². The van der Waals surface area contributed by atoms with E-state index in [1.807, 2.05) is 47.8 Å². The van der Waals surface area contributed by atoms with Crippen LogP contribution in [0.4, 0.5) is 0 Å². The summed E-state index contributed by atoms with van der Waals surface area (Å²) < 4.78 is 2.07. The van der Waals surface area contributed by atoms with Gasteiger partial charge in [-0.15, -0.1) is 11.3 Å². The minimum Gasteiger partial charge on any atom is -0.276 e. The van der Waals surface area contributed by atoms with Crippen molar-refractivity contribution in [3.63, 3.8) is 0 Å². The lowest BCUT2D eigenvalue weighted by Crippen LogP contribution is -1.97. The van der Waals surface area contributed by atoms with Gasteiger partial charge in [0.25, 0.3) is 0 Å². The molecule has 3 heterocycles. The van der Waals surface area contributed by atoms with E-state index in [2.05, 4.69) is 15.6 Å². The zero-order valence-electron chi connectivity index (χ0n) is 10.9. The van der Waals surface area contributed by atoms with Crippen molar-refractivity contribution in [1.82, 2.24) is 14.5 Å². The van der Waals surface area contributed by atoms with Crippen LogP contribution in [-0.4, -0.2) is 14.5 Å². The first-order chi connectivity index (χ1) is 10.3. The first-order valence-corrected chi connectivity index (χ1v) is 7.72. The van der Waals surface area contributed by atoms with Gasteiger partial charge < -0.3 is 0 Å². The molecule has 102 valence electrons. The highest BCUT2D eigenvalue weighted by atomic mass is 35.5. The molecule has 0 amide bonds. The van der Waals surface area contributed by atoms with Gasteiger partial charge in [0.15, 0.2) is 11.5 Å².